The van der Waals surface area contributed by atoms with Crippen molar-refractivity contribution in [3.8, 4) is 0 Å². The molecule has 0 heterocycles. The van der Waals surface area contributed by atoms with Crippen molar-refractivity contribution in [3.05, 3.63) is 70.2 Å². The summed E-state index contributed by atoms with van der Waals surface area (Å²) in [6.45, 7) is 4.28. The number of nitrogens with zero attached hydrogens (tertiary/aromatic N) is 1. The molecule has 0 bridgehead atoms. The quantitative estimate of drug-likeness (QED) is 0.641. The fourth-order valence-corrected chi connectivity index (χ4v) is 4.37. The first-order valence-corrected chi connectivity index (χ1v) is 11.2. The Kier molecular flexibility index (Phi) is 7.92. The molecule has 1 aliphatic rings. The van der Waals surface area contributed by atoms with Gasteiger partial charge in [-0.05, 0) is 48.9 Å². The van der Waals surface area contributed by atoms with Crippen LogP contribution >= 0.6 is 11.6 Å². The molecule has 1 aliphatic carbocycles. The van der Waals surface area contributed by atoms with Crippen molar-refractivity contribution >= 4 is 23.4 Å². The molecule has 2 amide bonds. The van der Waals surface area contributed by atoms with E-state index in [9.17, 15) is 9.59 Å². The molecular weight excluding hydrogens is 396 g/mol. The summed E-state index contributed by atoms with van der Waals surface area (Å²) in [7, 11) is 0. The Morgan fingerprint density at radius 1 is 1.07 bits per heavy atom. The van der Waals surface area contributed by atoms with Crippen LogP contribution < -0.4 is 5.32 Å². The molecule has 1 saturated carbocycles. The highest BCUT2D eigenvalue weighted by Gasteiger charge is 2.31. The molecular formula is C25H31ClN2O2. The second-order valence-electron chi connectivity index (χ2n) is 8.13. The number of benzene rings is 2. The lowest BCUT2D eigenvalue weighted by molar-refractivity contribution is -0.141. The number of carbonyl (C=O) groups is 2. The molecule has 2 aromatic carbocycles. The first-order valence-electron chi connectivity index (χ1n) is 10.9. The Hall–Kier alpha value is -2.33. The van der Waals surface area contributed by atoms with Gasteiger partial charge in [0.05, 0.1) is 6.42 Å². The van der Waals surface area contributed by atoms with Crippen molar-refractivity contribution in [1.82, 2.24) is 10.2 Å². The third-order valence-corrected chi connectivity index (χ3v) is 6.36. The van der Waals surface area contributed by atoms with E-state index in [1.807, 2.05) is 62.4 Å². The first-order chi connectivity index (χ1) is 14.5. The van der Waals surface area contributed by atoms with Crippen molar-refractivity contribution in [1.29, 1.82) is 0 Å². The summed E-state index contributed by atoms with van der Waals surface area (Å²) in [6.07, 6.45) is 5.16. The topological polar surface area (TPSA) is 49.4 Å². The molecule has 0 unspecified atom stereocenters. The van der Waals surface area contributed by atoms with Crippen LogP contribution in [0.5, 0.6) is 0 Å². The molecule has 30 heavy (non-hydrogen) atoms. The summed E-state index contributed by atoms with van der Waals surface area (Å²) in [5.41, 5.74) is 2.91. The largest absolute Gasteiger partial charge is 0.352 e. The SMILES string of the molecule is CC[C@H](C(=O)NC1CCCC1)N(Cc1ccccc1Cl)C(=O)Cc1ccccc1C. The van der Waals surface area contributed by atoms with E-state index in [1.54, 1.807) is 4.90 Å². The van der Waals surface area contributed by atoms with E-state index >= 15 is 0 Å². The fraction of sp³-hybridized carbons (Fsp3) is 0.440. The fourth-order valence-electron chi connectivity index (χ4n) is 4.17. The number of carbonyl (C=O) groups excluding carboxylic acids is 2. The lowest BCUT2D eigenvalue weighted by Crippen LogP contribution is -2.51. The van der Waals surface area contributed by atoms with Crippen molar-refractivity contribution < 1.29 is 9.59 Å². The zero-order valence-corrected chi connectivity index (χ0v) is 18.6. The van der Waals surface area contributed by atoms with Gasteiger partial charge in [0.1, 0.15) is 6.04 Å². The zero-order valence-electron chi connectivity index (χ0n) is 17.9. The van der Waals surface area contributed by atoms with E-state index in [0.29, 0.717) is 18.0 Å². The Morgan fingerprint density at radius 2 is 1.70 bits per heavy atom. The van der Waals surface area contributed by atoms with E-state index in [0.717, 1.165) is 42.4 Å². The van der Waals surface area contributed by atoms with Gasteiger partial charge in [-0.2, -0.15) is 0 Å². The van der Waals surface area contributed by atoms with Crippen LogP contribution in [0, 0.1) is 6.92 Å². The normalized spacial score (nSPS) is 15.0. The van der Waals surface area contributed by atoms with Crippen LogP contribution in [-0.4, -0.2) is 28.8 Å². The summed E-state index contributed by atoms with van der Waals surface area (Å²) >= 11 is 6.38. The smallest absolute Gasteiger partial charge is 0.243 e. The second-order valence-corrected chi connectivity index (χ2v) is 8.54. The predicted molar refractivity (Wildman–Crippen MR) is 121 cm³/mol. The monoisotopic (exact) mass is 426 g/mol. The van der Waals surface area contributed by atoms with Gasteiger partial charge in [-0.1, -0.05) is 73.8 Å². The summed E-state index contributed by atoms with van der Waals surface area (Å²) in [4.78, 5) is 28.3. The zero-order chi connectivity index (χ0) is 21.5. The van der Waals surface area contributed by atoms with E-state index in [1.165, 1.54) is 0 Å². The third kappa shape index (κ3) is 5.63. The molecule has 0 radical (unpaired) electrons. The van der Waals surface area contributed by atoms with Gasteiger partial charge in [0, 0.05) is 17.6 Å². The van der Waals surface area contributed by atoms with Gasteiger partial charge in [0.25, 0.3) is 0 Å². The highest BCUT2D eigenvalue weighted by Crippen LogP contribution is 2.22. The molecule has 0 spiro atoms. The predicted octanol–water partition coefficient (Wildman–Crippen LogP) is 5.06. The van der Waals surface area contributed by atoms with E-state index < -0.39 is 6.04 Å². The molecule has 1 fully saturated rings. The van der Waals surface area contributed by atoms with E-state index in [4.69, 9.17) is 11.6 Å². The molecule has 4 nitrogen and oxygen atoms in total. The van der Waals surface area contributed by atoms with Gasteiger partial charge >= 0.3 is 0 Å². The minimum absolute atomic E-state index is 0.0577. The van der Waals surface area contributed by atoms with Crippen LogP contribution in [0.4, 0.5) is 0 Å². The first kappa shape index (κ1) is 22.4. The van der Waals surface area contributed by atoms with Gasteiger partial charge in [0.15, 0.2) is 0 Å². The highest BCUT2D eigenvalue weighted by molar-refractivity contribution is 6.31. The lowest BCUT2D eigenvalue weighted by Gasteiger charge is -2.32. The minimum Gasteiger partial charge on any atom is -0.352 e. The van der Waals surface area contributed by atoms with E-state index in [-0.39, 0.29) is 24.3 Å². The number of rotatable bonds is 8. The van der Waals surface area contributed by atoms with Crippen LogP contribution in [0.3, 0.4) is 0 Å². The third-order valence-electron chi connectivity index (χ3n) is 5.99. The number of hydrogen-bond donors (Lipinski definition) is 1. The van der Waals surface area contributed by atoms with Gasteiger partial charge in [-0.15, -0.1) is 0 Å². The number of hydrogen-bond acceptors (Lipinski definition) is 2. The van der Waals surface area contributed by atoms with Crippen LogP contribution in [-0.2, 0) is 22.6 Å². The van der Waals surface area contributed by atoms with Crippen LogP contribution in [0.1, 0.15) is 55.7 Å². The van der Waals surface area contributed by atoms with Gasteiger partial charge in [-0.3, -0.25) is 9.59 Å². The molecule has 0 aromatic heterocycles. The molecule has 0 saturated heterocycles. The Balaban J connectivity index is 1.84. The summed E-state index contributed by atoms with van der Waals surface area (Å²) in [5.74, 6) is -0.118. The summed E-state index contributed by atoms with van der Waals surface area (Å²) in [6, 6.07) is 15.1. The Bertz CT molecular complexity index is 877. The molecule has 5 heteroatoms. The average Bonchev–Trinajstić information content (AvgIpc) is 3.24. The maximum absolute atomic E-state index is 13.4. The average molecular weight is 427 g/mol. The molecule has 0 aliphatic heterocycles. The Labute approximate surface area is 184 Å². The second kappa shape index (κ2) is 10.6. The highest BCUT2D eigenvalue weighted by atomic mass is 35.5. The van der Waals surface area contributed by atoms with Gasteiger partial charge < -0.3 is 10.2 Å². The molecule has 1 N–H and O–H groups in total. The Morgan fingerprint density at radius 3 is 2.33 bits per heavy atom. The number of halogens is 1. The van der Waals surface area contributed by atoms with Gasteiger partial charge in [-0.25, -0.2) is 0 Å². The number of nitrogens with one attached hydrogen (secondary N) is 1. The maximum Gasteiger partial charge on any atom is 0.243 e. The minimum atomic E-state index is -0.515. The number of aryl methyl sites for hydroxylation is 1. The van der Waals surface area contributed by atoms with Crippen molar-refractivity contribution in [2.45, 2.75) is 71.0 Å². The van der Waals surface area contributed by atoms with E-state index in [2.05, 4.69) is 5.32 Å². The maximum atomic E-state index is 13.4. The molecule has 2 aromatic rings. The number of amides is 2. The van der Waals surface area contributed by atoms with Crippen LogP contribution in [0.25, 0.3) is 0 Å². The van der Waals surface area contributed by atoms with Crippen LogP contribution in [0.2, 0.25) is 5.02 Å². The lowest BCUT2D eigenvalue weighted by atomic mass is 10.0. The summed E-state index contributed by atoms with van der Waals surface area (Å²) in [5, 5.41) is 3.78. The van der Waals surface area contributed by atoms with Crippen molar-refractivity contribution in [2.24, 2.45) is 0 Å². The van der Waals surface area contributed by atoms with Crippen molar-refractivity contribution in [2.75, 3.05) is 0 Å². The standard InChI is InChI=1S/C25H31ClN2O2/c1-3-23(25(30)27-21-13-7-8-14-21)28(17-20-12-6-9-15-22(20)26)24(29)16-19-11-5-4-10-18(19)2/h4-6,9-12,15,21,23H,3,7-8,13-14,16-17H2,1-2H3,(H,27,30)/t23-/m1/s1. The molecule has 160 valence electrons. The van der Waals surface area contributed by atoms with Crippen LogP contribution in [0.15, 0.2) is 48.5 Å². The van der Waals surface area contributed by atoms with Crippen molar-refractivity contribution in [3.63, 3.8) is 0 Å². The molecule has 3 rings (SSSR count). The molecule has 1 atom stereocenters. The summed E-state index contributed by atoms with van der Waals surface area (Å²) < 4.78 is 0. The van der Waals surface area contributed by atoms with Gasteiger partial charge in [0.2, 0.25) is 11.8 Å².